The summed E-state index contributed by atoms with van der Waals surface area (Å²) in [7, 11) is 1.34. The van der Waals surface area contributed by atoms with Crippen molar-refractivity contribution in [3.05, 3.63) is 29.6 Å². The summed E-state index contributed by atoms with van der Waals surface area (Å²) < 4.78 is 41.8. The van der Waals surface area contributed by atoms with E-state index in [1.165, 1.54) is 19.2 Å². The topological polar surface area (TPSA) is 35.2 Å². The van der Waals surface area contributed by atoms with E-state index < -0.39 is 24.7 Å². The van der Waals surface area contributed by atoms with Gasteiger partial charge in [0.1, 0.15) is 11.6 Å². The Morgan fingerprint density at radius 2 is 2.00 bits per heavy atom. The number of halogens is 4. The Morgan fingerprint density at radius 3 is 2.50 bits per heavy atom. The first-order valence-electron chi connectivity index (χ1n) is 4.41. The van der Waals surface area contributed by atoms with Crippen molar-refractivity contribution in [1.29, 1.82) is 0 Å². The Morgan fingerprint density at radius 1 is 1.38 bits per heavy atom. The molecule has 0 saturated carbocycles. The molecule has 0 radical (unpaired) electrons. The minimum atomic E-state index is -2.49. The quantitative estimate of drug-likeness (QED) is 0.898. The maximum atomic E-state index is 12.8. The number of nitrogens with two attached hydrogens (primary N) is 1. The highest BCUT2D eigenvalue weighted by molar-refractivity contribution is 5.85. The molecule has 2 nitrogen and oxygen atoms in total. The van der Waals surface area contributed by atoms with Gasteiger partial charge in [0.25, 0.3) is 0 Å². The fourth-order valence-corrected chi connectivity index (χ4v) is 1.31. The summed E-state index contributed by atoms with van der Waals surface area (Å²) in [5.41, 5.74) is 5.93. The fourth-order valence-electron chi connectivity index (χ4n) is 1.31. The van der Waals surface area contributed by atoms with Gasteiger partial charge in [0, 0.05) is 24.1 Å². The van der Waals surface area contributed by atoms with E-state index >= 15 is 0 Å². The Labute approximate surface area is 98.0 Å². The molecule has 0 amide bonds. The van der Waals surface area contributed by atoms with E-state index in [2.05, 4.69) is 0 Å². The highest BCUT2D eigenvalue weighted by atomic mass is 35.5. The average Bonchev–Trinajstić information content (AvgIpc) is 2.16. The van der Waals surface area contributed by atoms with Crippen LogP contribution < -0.4 is 10.5 Å². The first-order chi connectivity index (χ1) is 7.04. The molecule has 16 heavy (non-hydrogen) atoms. The molecule has 0 bridgehead atoms. The lowest BCUT2D eigenvalue weighted by Gasteiger charge is -2.15. The van der Waals surface area contributed by atoms with Crippen molar-refractivity contribution in [3.8, 4) is 5.75 Å². The second kappa shape index (κ2) is 6.60. The van der Waals surface area contributed by atoms with Crippen molar-refractivity contribution < 1.29 is 17.9 Å². The van der Waals surface area contributed by atoms with Crippen LogP contribution in [0.5, 0.6) is 5.75 Å². The summed E-state index contributed by atoms with van der Waals surface area (Å²) >= 11 is 0. The summed E-state index contributed by atoms with van der Waals surface area (Å²) in [6, 6.07) is 2.81. The molecule has 1 aromatic rings. The van der Waals surface area contributed by atoms with Crippen LogP contribution in [0.2, 0.25) is 0 Å². The molecular formula is C10H13ClF3NO. The van der Waals surface area contributed by atoms with Crippen molar-refractivity contribution >= 4 is 12.4 Å². The predicted molar refractivity (Wildman–Crippen MR) is 57.7 cm³/mol. The molecule has 92 valence electrons. The summed E-state index contributed by atoms with van der Waals surface area (Å²) in [5, 5.41) is 0. The molecule has 0 aliphatic rings. The van der Waals surface area contributed by atoms with Crippen molar-refractivity contribution in [2.24, 2.45) is 5.73 Å². The van der Waals surface area contributed by atoms with Gasteiger partial charge in [0.2, 0.25) is 6.43 Å². The van der Waals surface area contributed by atoms with Gasteiger partial charge in [0.05, 0.1) is 7.11 Å². The number of alkyl halides is 2. The average molecular weight is 256 g/mol. The number of methoxy groups -OCH3 is 1. The molecule has 0 aliphatic heterocycles. The highest BCUT2D eigenvalue weighted by Crippen LogP contribution is 2.27. The summed E-state index contributed by atoms with van der Waals surface area (Å²) in [6.07, 6.45) is -2.96. The third-order valence-corrected chi connectivity index (χ3v) is 2.03. The van der Waals surface area contributed by atoms with Crippen LogP contribution in [0.4, 0.5) is 13.2 Å². The molecule has 0 aromatic heterocycles. The van der Waals surface area contributed by atoms with Gasteiger partial charge >= 0.3 is 0 Å². The second-order valence-corrected chi connectivity index (χ2v) is 3.12. The van der Waals surface area contributed by atoms with Crippen LogP contribution in [0.1, 0.15) is 18.0 Å². The van der Waals surface area contributed by atoms with Crippen LogP contribution in [0, 0.1) is 5.82 Å². The number of ether oxygens (including phenoxy) is 1. The normalized spacial score (nSPS) is 12.1. The fraction of sp³-hybridized carbons (Fsp3) is 0.400. The molecule has 1 rings (SSSR count). The minimum Gasteiger partial charge on any atom is -0.496 e. The zero-order valence-electron chi connectivity index (χ0n) is 8.62. The number of hydrogen-bond acceptors (Lipinski definition) is 2. The van der Waals surface area contributed by atoms with Gasteiger partial charge < -0.3 is 10.5 Å². The Balaban J connectivity index is 0.00000225. The van der Waals surface area contributed by atoms with E-state index in [1.54, 1.807) is 0 Å². The molecule has 1 atom stereocenters. The standard InChI is InChI=1S/C10H12F3NO.ClH/c1-15-9-4-6(11)2-3-7(9)8(14)5-10(12)13;/h2-4,8,10H,5,14H2,1H3;1H/t8-;/m0./s1. The summed E-state index contributed by atoms with van der Waals surface area (Å²) in [4.78, 5) is 0. The highest BCUT2D eigenvalue weighted by Gasteiger charge is 2.17. The van der Waals surface area contributed by atoms with E-state index in [1.807, 2.05) is 0 Å². The molecule has 2 N–H and O–H groups in total. The van der Waals surface area contributed by atoms with Crippen molar-refractivity contribution in [2.45, 2.75) is 18.9 Å². The van der Waals surface area contributed by atoms with Crippen LogP contribution in [0.3, 0.4) is 0 Å². The SMILES string of the molecule is COc1cc(F)ccc1[C@@H](N)CC(F)F.Cl. The maximum Gasteiger partial charge on any atom is 0.240 e. The van der Waals surface area contributed by atoms with Crippen LogP contribution in [-0.4, -0.2) is 13.5 Å². The Kier molecular flexibility index (Phi) is 6.21. The summed E-state index contributed by atoms with van der Waals surface area (Å²) in [5.74, 6) is -0.289. The monoisotopic (exact) mass is 255 g/mol. The molecule has 0 unspecified atom stereocenters. The lowest BCUT2D eigenvalue weighted by molar-refractivity contribution is 0.128. The van der Waals surface area contributed by atoms with Gasteiger partial charge in [-0.1, -0.05) is 6.07 Å². The van der Waals surface area contributed by atoms with E-state index in [9.17, 15) is 13.2 Å². The zero-order valence-corrected chi connectivity index (χ0v) is 9.44. The van der Waals surface area contributed by atoms with Crippen LogP contribution in [0.25, 0.3) is 0 Å². The smallest absolute Gasteiger partial charge is 0.240 e. The number of hydrogen-bond donors (Lipinski definition) is 1. The van der Waals surface area contributed by atoms with Crippen molar-refractivity contribution in [2.75, 3.05) is 7.11 Å². The maximum absolute atomic E-state index is 12.8. The van der Waals surface area contributed by atoms with Gasteiger partial charge in [-0.25, -0.2) is 13.2 Å². The van der Waals surface area contributed by atoms with E-state index in [-0.39, 0.29) is 18.2 Å². The third-order valence-electron chi connectivity index (χ3n) is 2.03. The van der Waals surface area contributed by atoms with Crippen molar-refractivity contribution in [3.63, 3.8) is 0 Å². The number of rotatable bonds is 4. The first kappa shape index (κ1) is 15.1. The molecule has 0 saturated heterocycles. The lowest BCUT2D eigenvalue weighted by atomic mass is 10.0. The van der Waals surface area contributed by atoms with Gasteiger partial charge in [-0.15, -0.1) is 12.4 Å². The van der Waals surface area contributed by atoms with Crippen molar-refractivity contribution in [1.82, 2.24) is 0 Å². The third kappa shape index (κ3) is 3.90. The minimum absolute atomic E-state index is 0. The van der Waals surface area contributed by atoms with Crippen LogP contribution in [-0.2, 0) is 0 Å². The molecule has 0 aliphatic carbocycles. The molecule has 6 heteroatoms. The lowest BCUT2D eigenvalue weighted by Crippen LogP contribution is -2.15. The molecular weight excluding hydrogens is 243 g/mol. The first-order valence-corrected chi connectivity index (χ1v) is 4.41. The molecule has 1 aromatic carbocycles. The largest absolute Gasteiger partial charge is 0.496 e. The number of benzene rings is 1. The molecule has 0 spiro atoms. The van der Waals surface area contributed by atoms with Crippen LogP contribution >= 0.6 is 12.4 Å². The predicted octanol–water partition coefficient (Wildman–Crippen LogP) is 2.91. The molecule has 0 heterocycles. The van der Waals surface area contributed by atoms with E-state index in [0.29, 0.717) is 5.56 Å². The Bertz CT molecular complexity index is 336. The second-order valence-electron chi connectivity index (χ2n) is 3.12. The zero-order chi connectivity index (χ0) is 11.4. The van der Waals surface area contributed by atoms with E-state index in [0.717, 1.165) is 6.07 Å². The molecule has 0 fully saturated rings. The summed E-state index contributed by atoms with van der Waals surface area (Å²) in [6.45, 7) is 0. The van der Waals surface area contributed by atoms with Gasteiger partial charge in [-0.2, -0.15) is 0 Å². The van der Waals surface area contributed by atoms with Gasteiger partial charge in [-0.05, 0) is 6.07 Å². The van der Waals surface area contributed by atoms with Gasteiger partial charge in [0.15, 0.2) is 0 Å². The van der Waals surface area contributed by atoms with Gasteiger partial charge in [-0.3, -0.25) is 0 Å². The van der Waals surface area contributed by atoms with Crippen LogP contribution in [0.15, 0.2) is 18.2 Å². The van der Waals surface area contributed by atoms with E-state index in [4.69, 9.17) is 10.5 Å². The Hall–Kier alpha value is -0.940.